The smallest absolute Gasteiger partial charge is 0.311 e. The van der Waals surface area contributed by atoms with Gasteiger partial charge in [-0.25, -0.2) is 4.98 Å². The zero-order valence-electron chi connectivity index (χ0n) is 11.4. The highest BCUT2D eigenvalue weighted by Crippen LogP contribution is 2.30. The minimum atomic E-state index is -0.364. The number of aryl methyl sites for hydroxylation is 1. The summed E-state index contributed by atoms with van der Waals surface area (Å²) in [6, 6.07) is 3.31. The van der Waals surface area contributed by atoms with Crippen LogP contribution in [0.25, 0.3) is 0 Å². The summed E-state index contributed by atoms with van der Waals surface area (Å²) in [4.78, 5) is 17.1. The van der Waals surface area contributed by atoms with Crippen LogP contribution < -0.4 is 10.6 Å². The Labute approximate surface area is 112 Å². The summed E-state index contributed by atoms with van der Waals surface area (Å²) >= 11 is 0. The summed E-state index contributed by atoms with van der Waals surface area (Å²) in [5, 5.41) is 11.1. The molecule has 2 rings (SSSR count). The SMILES string of the molecule is Cc1ccc([N+](=O)[O-])c(N2CCCC(C(C)N)C2)n1. The van der Waals surface area contributed by atoms with Gasteiger partial charge in [0.1, 0.15) is 0 Å². The van der Waals surface area contributed by atoms with E-state index in [1.54, 1.807) is 6.07 Å². The Bertz CT molecular complexity index is 476. The molecule has 1 aromatic heterocycles. The van der Waals surface area contributed by atoms with E-state index in [4.69, 9.17) is 5.73 Å². The van der Waals surface area contributed by atoms with Crippen molar-refractivity contribution in [1.29, 1.82) is 0 Å². The molecule has 1 fully saturated rings. The molecule has 104 valence electrons. The molecule has 0 aliphatic carbocycles. The van der Waals surface area contributed by atoms with Crippen LogP contribution in [0.4, 0.5) is 11.5 Å². The summed E-state index contributed by atoms with van der Waals surface area (Å²) in [6.07, 6.45) is 2.08. The molecule has 0 spiro atoms. The lowest BCUT2D eigenvalue weighted by atomic mass is 9.92. The number of pyridine rings is 1. The van der Waals surface area contributed by atoms with Crippen molar-refractivity contribution < 1.29 is 4.92 Å². The van der Waals surface area contributed by atoms with Gasteiger partial charge in [0.05, 0.1) is 4.92 Å². The average molecular weight is 264 g/mol. The maximum absolute atomic E-state index is 11.1. The number of anilines is 1. The molecule has 0 saturated carbocycles. The van der Waals surface area contributed by atoms with Crippen LogP contribution in [0.3, 0.4) is 0 Å². The number of nitrogens with zero attached hydrogens (tertiary/aromatic N) is 3. The van der Waals surface area contributed by atoms with Gasteiger partial charge in [-0.1, -0.05) is 0 Å². The number of aromatic nitrogens is 1. The number of piperidine rings is 1. The zero-order chi connectivity index (χ0) is 14.0. The first-order chi connectivity index (χ1) is 8.99. The maximum atomic E-state index is 11.1. The molecule has 6 heteroatoms. The summed E-state index contributed by atoms with van der Waals surface area (Å²) in [5.41, 5.74) is 6.83. The van der Waals surface area contributed by atoms with Crippen molar-refractivity contribution in [2.45, 2.75) is 32.7 Å². The molecule has 0 radical (unpaired) electrons. The molecule has 19 heavy (non-hydrogen) atoms. The Morgan fingerprint density at radius 3 is 2.95 bits per heavy atom. The lowest BCUT2D eigenvalue weighted by Gasteiger charge is -2.35. The number of hydrogen-bond acceptors (Lipinski definition) is 5. The van der Waals surface area contributed by atoms with Gasteiger partial charge in [0.15, 0.2) is 0 Å². The van der Waals surface area contributed by atoms with Crippen molar-refractivity contribution in [3.8, 4) is 0 Å². The molecular formula is C13H20N4O2. The Hall–Kier alpha value is -1.69. The van der Waals surface area contributed by atoms with Crippen molar-refractivity contribution >= 4 is 11.5 Å². The molecule has 2 N–H and O–H groups in total. The van der Waals surface area contributed by atoms with Gasteiger partial charge in [-0.15, -0.1) is 0 Å². The van der Waals surface area contributed by atoms with E-state index in [-0.39, 0.29) is 16.7 Å². The van der Waals surface area contributed by atoms with Crippen LogP contribution >= 0.6 is 0 Å². The van der Waals surface area contributed by atoms with Crippen LogP contribution in [-0.2, 0) is 0 Å². The van der Waals surface area contributed by atoms with E-state index < -0.39 is 0 Å². The highest BCUT2D eigenvalue weighted by Gasteiger charge is 2.28. The lowest BCUT2D eigenvalue weighted by molar-refractivity contribution is -0.384. The zero-order valence-corrected chi connectivity index (χ0v) is 11.4. The summed E-state index contributed by atoms with van der Waals surface area (Å²) < 4.78 is 0. The predicted octanol–water partition coefficient (Wildman–Crippen LogP) is 1.86. The van der Waals surface area contributed by atoms with Gasteiger partial charge in [-0.2, -0.15) is 0 Å². The van der Waals surface area contributed by atoms with E-state index in [9.17, 15) is 10.1 Å². The van der Waals surface area contributed by atoms with Crippen molar-refractivity contribution in [3.05, 3.63) is 27.9 Å². The van der Waals surface area contributed by atoms with Crippen LogP contribution in [0, 0.1) is 23.0 Å². The largest absolute Gasteiger partial charge is 0.351 e. The Kier molecular flexibility index (Phi) is 3.99. The van der Waals surface area contributed by atoms with Gasteiger partial charge in [0.25, 0.3) is 0 Å². The Balaban J connectivity index is 2.30. The molecular weight excluding hydrogens is 244 g/mol. The van der Waals surface area contributed by atoms with Crippen molar-refractivity contribution in [2.24, 2.45) is 11.7 Å². The fourth-order valence-electron chi connectivity index (χ4n) is 2.54. The van der Waals surface area contributed by atoms with Gasteiger partial charge in [0, 0.05) is 30.9 Å². The maximum Gasteiger partial charge on any atom is 0.311 e. The van der Waals surface area contributed by atoms with E-state index in [0.29, 0.717) is 11.7 Å². The normalized spacial score (nSPS) is 21.2. The molecule has 0 aromatic carbocycles. The van der Waals surface area contributed by atoms with Crippen molar-refractivity contribution in [3.63, 3.8) is 0 Å². The van der Waals surface area contributed by atoms with Gasteiger partial charge in [0.2, 0.25) is 5.82 Å². The minimum Gasteiger partial charge on any atom is -0.351 e. The van der Waals surface area contributed by atoms with Crippen LogP contribution in [0.5, 0.6) is 0 Å². The van der Waals surface area contributed by atoms with E-state index in [0.717, 1.165) is 31.6 Å². The predicted molar refractivity (Wildman–Crippen MR) is 74.2 cm³/mol. The highest BCUT2D eigenvalue weighted by atomic mass is 16.6. The van der Waals surface area contributed by atoms with Crippen molar-refractivity contribution in [1.82, 2.24) is 4.98 Å². The van der Waals surface area contributed by atoms with Gasteiger partial charge in [-0.05, 0) is 38.7 Å². The second-order valence-corrected chi connectivity index (χ2v) is 5.26. The standard InChI is InChI=1S/C13H20N4O2/c1-9-5-6-12(17(18)19)13(15-9)16-7-3-4-11(8-16)10(2)14/h5-6,10-11H,3-4,7-8,14H2,1-2H3. The van der Waals surface area contributed by atoms with E-state index >= 15 is 0 Å². The molecule has 1 saturated heterocycles. The molecule has 1 aliphatic heterocycles. The molecule has 0 bridgehead atoms. The number of rotatable bonds is 3. The van der Waals surface area contributed by atoms with Crippen LogP contribution in [-0.4, -0.2) is 29.0 Å². The van der Waals surface area contributed by atoms with Crippen LogP contribution in [0.2, 0.25) is 0 Å². The number of hydrogen-bond donors (Lipinski definition) is 1. The molecule has 0 amide bonds. The molecule has 1 aromatic rings. The van der Waals surface area contributed by atoms with E-state index in [2.05, 4.69) is 4.98 Å². The Morgan fingerprint density at radius 2 is 2.32 bits per heavy atom. The lowest BCUT2D eigenvalue weighted by Crippen LogP contribution is -2.43. The second kappa shape index (κ2) is 5.52. The van der Waals surface area contributed by atoms with Gasteiger partial charge < -0.3 is 10.6 Å². The van der Waals surface area contributed by atoms with Gasteiger partial charge >= 0.3 is 5.69 Å². The molecule has 6 nitrogen and oxygen atoms in total. The molecule has 2 heterocycles. The molecule has 2 unspecified atom stereocenters. The second-order valence-electron chi connectivity index (χ2n) is 5.26. The molecule has 2 atom stereocenters. The van der Waals surface area contributed by atoms with Crippen molar-refractivity contribution in [2.75, 3.05) is 18.0 Å². The monoisotopic (exact) mass is 264 g/mol. The first kappa shape index (κ1) is 13.7. The third-order valence-corrected chi connectivity index (χ3v) is 3.69. The van der Waals surface area contributed by atoms with Crippen LogP contribution in [0.1, 0.15) is 25.5 Å². The fraction of sp³-hybridized carbons (Fsp3) is 0.615. The first-order valence-corrected chi connectivity index (χ1v) is 6.61. The average Bonchev–Trinajstić information content (AvgIpc) is 2.38. The van der Waals surface area contributed by atoms with Gasteiger partial charge in [-0.3, -0.25) is 10.1 Å². The third kappa shape index (κ3) is 3.01. The van der Waals surface area contributed by atoms with E-state index in [1.165, 1.54) is 6.07 Å². The highest BCUT2D eigenvalue weighted by molar-refractivity contribution is 5.58. The Morgan fingerprint density at radius 1 is 1.58 bits per heavy atom. The topological polar surface area (TPSA) is 85.3 Å². The quantitative estimate of drug-likeness (QED) is 0.665. The third-order valence-electron chi connectivity index (χ3n) is 3.69. The minimum absolute atomic E-state index is 0.0796. The summed E-state index contributed by atoms with van der Waals surface area (Å²) in [7, 11) is 0. The van der Waals surface area contributed by atoms with Crippen LogP contribution in [0.15, 0.2) is 12.1 Å². The summed E-state index contributed by atoms with van der Waals surface area (Å²) in [5.74, 6) is 0.853. The van der Waals surface area contributed by atoms with E-state index in [1.807, 2.05) is 18.7 Å². The summed E-state index contributed by atoms with van der Waals surface area (Å²) in [6.45, 7) is 5.39. The number of nitrogens with two attached hydrogens (primary N) is 1. The molecule has 1 aliphatic rings. The first-order valence-electron chi connectivity index (χ1n) is 6.61. The number of nitro groups is 1. The fourth-order valence-corrected chi connectivity index (χ4v) is 2.54.